The molecule has 1 rings (SSSR count). The smallest absolute Gasteiger partial charge is 0.296 e. The maximum Gasteiger partial charge on any atom is 0.296 e. The van der Waals surface area contributed by atoms with Crippen LogP contribution in [-0.4, -0.2) is 62.4 Å². The van der Waals surface area contributed by atoms with Gasteiger partial charge in [0.05, 0.1) is 6.61 Å². The average Bonchev–Trinajstić information content (AvgIpc) is 2.66. The fourth-order valence-corrected chi connectivity index (χ4v) is 2.36. The molecule has 0 aliphatic heterocycles. The number of halogens is 1. The number of likely N-dealkylation sites (N-methyl/N-ethyl adjacent to an activating group) is 1. The summed E-state index contributed by atoms with van der Waals surface area (Å²) in [6.07, 6.45) is 0.593. The standard InChI is InChI=1S/C9H17ClN4O3S/c1-13(2)5-4-8-11-12-9(18(10,15)16)14(8)6-7-17-3/h4-7H2,1-3H3. The number of aromatic nitrogens is 3. The number of rotatable bonds is 7. The molecular formula is C9H17ClN4O3S. The van der Waals surface area contributed by atoms with Crippen LogP contribution in [0.4, 0.5) is 0 Å². The third-order valence-electron chi connectivity index (χ3n) is 2.31. The molecule has 0 radical (unpaired) electrons. The summed E-state index contributed by atoms with van der Waals surface area (Å²) in [7, 11) is 6.82. The first-order valence-corrected chi connectivity index (χ1v) is 7.67. The Morgan fingerprint density at radius 3 is 2.56 bits per heavy atom. The van der Waals surface area contributed by atoms with Crippen LogP contribution in [-0.2, 0) is 26.8 Å². The zero-order chi connectivity index (χ0) is 13.8. The second-order valence-electron chi connectivity index (χ2n) is 4.03. The van der Waals surface area contributed by atoms with Crippen LogP contribution in [0.1, 0.15) is 5.82 Å². The van der Waals surface area contributed by atoms with Crippen molar-refractivity contribution in [3.63, 3.8) is 0 Å². The fourth-order valence-electron chi connectivity index (χ4n) is 1.42. The zero-order valence-electron chi connectivity index (χ0n) is 10.6. The molecule has 0 aliphatic rings. The number of methoxy groups -OCH3 is 1. The van der Waals surface area contributed by atoms with Crippen LogP contribution in [0.5, 0.6) is 0 Å². The van der Waals surface area contributed by atoms with Gasteiger partial charge in [0.2, 0.25) is 0 Å². The van der Waals surface area contributed by atoms with Crippen molar-refractivity contribution in [2.24, 2.45) is 0 Å². The summed E-state index contributed by atoms with van der Waals surface area (Å²) in [6, 6.07) is 0. The summed E-state index contributed by atoms with van der Waals surface area (Å²) in [5.41, 5.74) is 0. The molecule has 18 heavy (non-hydrogen) atoms. The number of ether oxygens (including phenoxy) is 1. The summed E-state index contributed by atoms with van der Waals surface area (Å²) < 4.78 is 29.1. The van der Waals surface area contributed by atoms with Crippen molar-refractivity contribution in [1.29, 1.82) is 0 Å². The summed E-state index contributed by atoms with van der Waals surface area (Å²) in [6.45, 7) is 1.47. The summed E-state index contributed by atoms with van der Waals surface area (Å²) in [5.74, 6) is 0.583. The predicted molar refractivity (Wildman–Crippen MR) is 67.2 cm³/mol. The monoisotopic (exact) mass is 296 g/mol. The van der Waals surface area contributed by atoms with Gasteiger partial charge in [-0.1, -0.05) is 0 Å². The molecule has 0 unspecified atom stereocenters. The van der Waals surface area contributed by atoms with E-state index in [1.54, 1.807) is 7.11 Å². The molecule has 0 aliphatic carbocycles. The lowest BCUT2D eigenvalue weighted by Gasteiger charge is -2.11. The highest BCUT2D eigenvalue weighted by Crippen LogP contribution is 2.14. The van der Waals surface area contributed by atoms with Crippen LogP contribution in [0.15, 0.2) is 5.16 Å². The van der Waals surface area contributed by atoms with Gasteiger partial charge in [0.15, 0.2) is 0 Å². The molecule has 0 saturated heterocycles. The number of nitrogens with zero attached hydrogens (tertiary/aromatic N) is 4. The van der Waals surface area contributed by atoms with Gasteiger partial charge in [0.25, 0.3) is 14.2 Å². The van der Waals surface area contributed by atoms with Crippen molar-refractivity contribution < 1.29 is 13.2 Å². The van der Waals surface area contributed by atoms with Crippen LogP contribution in [0.2, 0.25) is 0 Å². The first-order valence-electron chi connectivity index (χ1n) is 5.36. The third kappa shape index (κ3) is 4.20. The lowest BCUT2D eigenvalue weighted by Crippen LogP contribution is -2.19. The molecule has 1 aromatic rings. The van der Waals surface area contributed by atoms with Gasteiger partial charge in [-0.3, -0.25) is 4.57 Å². The van der Waals surface area contributed by atoms with Crippen LogP contribution < -0.4 is 0 Å². The highest BCUT2D eigenvalue weighted by molar-refractivity contribution is 8.13. The van der Waals surface area contributed by atoms with Gasteiger partial charge in [0, 0.05) is 37.3 Å². The summed E-state index contributed by atoms with van der Waals surface area (Å²) in [4.78, 5) is 1.98. The van der Waals surface area contributed by atoms with Gasteiger partial charge in [-0.05, 0) is 14.1 Å². The molecule has 7 nitrogen and oxygen atoms in total. The van der Waals surface area contributed by atoms with Gasteiger partial charge < -0.3 is 9.64 Å². The normalized spacial score (nSPS) is 12.3. The van der Waals surface area contributed by atoms with E-state index < -0.39 is 9.05 Å². The molecular weight excluding hydrogens is 280 g/mol. The van der Waals surface area contributed by atoms with E-state index in [4.69, 9.17) is 15.4 Å². The minimum absolute atomic E-state index is 0.227. The van der Waals surface area contributed by atoms with Crippen molar-refractivity contribution in [3.8, 4) is 0 Å². The Bertz CT molecular complexity index is 486. The lowest BCUT2D eigenvalue weighted by atomic mass is 10.4. The van der Waals surface area contributed by atoms with E-state index in [0.29, 0.717) is 25.4 Å². The summed E-state index contributed by atoms with van der Waals surface area (Å²) in [5, 5.41) is 7.28. The van der Waals surface area contributed by atoms with Gasteiger partial charge in [0.1, 0.15) is 5.82 Å². The van der Waals surface area contributed by atoms with E-state index in [9.17, 15) is 8.42 Å². The molecule has 0 atom stereocenters. The Labute approximate surface area is 111 Å². The summed E-state index contributed by atoms with van der Waals surface area (Å²) >= 11 is 0. The van der Waals surface area contributed by atoms with Crippen molar-refractivity contribution in [3.05, 3.63) is 5.82 Å². The van der Waals surface area contributed by atoms with E-state index in [1.807, 2.05) is 19.0 Å². The zero-order valence-corrected chi connectivity index (χ0v) is 12.2. The highest BCUT2D eigenvalue weighted by Gasteiger charge is 2.22. The molecule has 1 heterocycles. The van der Waals surface area contributed by atoms with Crippen molar-refractivity contribution in [2.45, 2.75) is 18.1 Å². The Hall–Kier alpha value is -0.700. The first kappa shape index (κ1) is 15.4. The van der Waals surface area contributed by atoms with E-state index in [0.717, 1.165) is 6.54 Å². The topological polar surface area (TPSA) is 77.3 Å². The SMILES string of the molecule is COCCn1c(CCN(C)C)nnc1S(=O)(=O)Cl. The second kappa shape index (κ2) is 6.46. The maximum absolute atomic E-state index is 11.4. The minimum Gasteiger partial charge on any atom is -0.383 e. The van der Waals surface area contributed by atoms with Gasteiger partial charge in [-0.2, -0.15) is 0 Å². The maximum atomic E-state index is 11.4. The van der Waals surface area contributed by atoms with Crippen molar-refractivity contribution >= 4 is 19.7 Å². The van der Waals surface area contributed by atoms with E-state index in [1.165, 1.54) is 4.57 Å². The van der Waals surface area contributed by atoms with Gasteiger partial charge in [-0.15, -0.1) is 10.2 Å². The highest BCUT2D eigenvalue weighted by atomic mass is 35.7. The van der Waals surface area contributed by atoms with Gasteiger partial charge >= 0.3 is 0 Å². The molecule has 0 spiro atoms. The average molecular weight is 297 g/mol. The van der Waals surface area contributed by atoms with Crippen LogP contribution in [0.3, 0.4) is 0 Å². The molecule has 0 saturated carbocycles. The Morgan fingerprint density at radius 1 is 1.39 bits per heavy atom. The largest absolute Gasteiger partial charge is 0.383 e. The Kier molecular flexibility index (Phi) is 5.51. The third-order valence-corrected chi connectivity index (χ3v) is 3.47. The molecule has 0 N–H and O–H groups in total. The van der Waals surface area contributed by atoms with E-state index in [-0.39, 0.29) is 5.16 Å². The molecule has 104 valence electrons. The van der Waals surface area contributed by atoms with E-state index >= 15 is 0 Å². The molecule has 0 aromatic carbocycles. The van der Waals surface area contributed by atoms with Gasteiger partial charge in [-0.25, -0.2) is 8.42 Å². The predicted octanol–water partition coefficient (Wildman–Crippen LogP) is -0.0439. The molecule has 9 heteroatoms. The molecule has 0 amide bonds. The second-order valence-corrected chi connectivity index (χ2v) is 6.49. The number of hydrogen-bond donors (Lipinski definition) is 0. The Morgan fingerprint density at radius 2 is 2.06 bits per heavy atom. The van der Waals surface area contributed by atoms with Crippen LogP contribution in [0.25, 0.3) is 0 Å². The van der Waals surface area contributed by atoms with Crippen molar-refractivity contribution in [2.75, 3.05) is 34.4 Å². The molecule has 0 fully saturated rings. The fraction of sp³-hybridized carbons (Fsp3) is 0.778. The first-order chi connectivity index (χ1) is 8.36. The lowest BCUT2D eigenvalue weighted by molar-refractivity contribution is 0.183. The quantitative estimate of drug-likeness (QED) is 0.657. The van der Waals surface area contributed by atoms with E-state index in [2.05, 4.69) is 10.2 Å². The van der Waals surface area contributed by atoms with Crippen molar-refractivity contribution in [1.82, 2.24) is 19.7 Å². The van der Waals surface area contributed by atoms with Crippen LogP contribution >= 0.6 is 10.7 Å². The van der Waals surface area contributed by atoms with Crippen LogP contribution in [0, 0.1) is 0 Å². The number of hydrogen-bond acceptors (Lipinski definition) is 6. The Balaban J connectivity index is 2.99. The minimum atomic E-state index is -3.89. The molecule has 1 aromatic heterocycles. The molecule has 0 bridgehead atoms.